The molecule has 6 heteroatoms. The third-order valence-electron chi connectivity index (χ3n) is 4.19. The van der Waals surface area contributed by atoms with Gasteiger partial charge in [0.15, 0.2) is 0 Å². The van der Waals surface area contributed by atoms with Gasteiger partial charge in [-0.25, -0.2) is 9.97 Å². The van der Waals surface area contributed by atoms with Crippen molar-refractivity contribution in [2.75, 3.05) is 19.6 Å². The summed E-state index contributed by atoms with van der Waals surface area (Å²) in [5.41, 5.74) is 1.92. The molecule has 1 amide bonds. The first-order valence-electron chi connectivity index (χ1n) is 8.07. The highest BCUT2D eigenvalue weighted by atomic mass is 32.1. The lowest BCUT2D eigenvalue weighted by atomic mass is 10.1. The smallest absolute Gasteiger partial charge is 0.252 e. The maximum atomic E-state index is 12.0. The number of thiophene rings is 1. The third kappa shape index (κ3) is 4.36. The minimum Gasteiger partial charge on any atom is -0.352 e. The number of hydrogen-bond donors (Lipinski definition) is 1. The Kier molecular flexibility index (Phi) is 5.35. The Morgan fingerprint density at radius 3 is 2.96 bits per heavy atom. The highest BCUT2D eigenvalue weighted by Crippen LogP contribution is 2.18. The minimum atomic E-state index is 0.0354. The first kappa shape index (κ1) is 16.1. The van der Waals surface area contributed by atoms with E-state index in [2.05, 4.69) is 27.1 Å². The molecule has 3 heterocycles. The summed E-state index contributed by atoms with van der Waals surface area (Å²) in [4.78, 5) is 23.1. The second kappa shape index (κ2) is 7.66. The molecule has 1 unspecified atom stereocenters. The highest BCUT2D eigenvalue weighted by molar-refractivity contribution is 7.08. The van der Waals surface area contributed by atoms with Crippen molar-refractivity contribution in [1.29, 1.82) is 0 Å². The largest absolute Gasteiger partial charge is 0.352 e. The Morgan fingerprint density at radius 2 is 2.26 bits per heavy atom. The van der Waals surface area contributed by atoms with Crippen LogP contribution in [0.3, 0.4) is 0 Å². The molecule has 0 radical (unpaired) electrons. The number of aromatic nitrogens is 2. The quantitative estimate of drug-likeness (QED) is 0.883. The number of hydrogen-bond acceptors (Lipinski definition) is 5. The first-order valence-corrected chi connectivity index (χ1v) is 9.01. The molecule has 1 atom stereocenters. The molecule has 0 bridgehead atoms. The van der Waals surface area contributed by atoms with Crippen LogP contribution in [0.15, 0.2) is 29.2 Å². The van der Waals surface area contributed by atoms with Gasteiger partial charge in [-0.15, -0.1) is 0 Å². The van der Waals surface area contributed by atoms with Crippen molar-refractivity contribution in [3.05, 3.63) is 46.2 Å². The fourth-order valence-electron chi connectivity index (χ4n) is 2.86. The Balaban J connectivity index is 1.44. The van der Waals surface area contributed by atoms with E-state index in [1.165, 1.54) is 0 Å². The van der Waals surface area contributed by atoms with Crippen LogP contribution in [0.1, 0.15) is 35.1 Å². The summed E-state index contributed by atoms with van der Waals surface area (Å²) in [7, 11) is 0. The van der Waals surface area contributed by atoms with Crippen LogP contribution in [-0.4, -0.2) is 40.4 Å². The second-order valence-electron chi connectivity index (χ2n) is 5.97. The number of nitrogens with zero attached hydrogens (tertiary/aromatic N) is 3. The Hall–Kier alpha value is -1.79. The lowest BCUT2D eigenvalue weighted by Crippen LogP contribution is -2.30. The number of carbonyl (C=O) groups is 1. The van der Waals surface area contributed by atoms with E-state index in [1.54, 1.807) is 11.3 Å². The number of nitrogens with one attached hydrogen (secondary N) is 1. The lowest BCUT2D eigenvalue weighted by molar-refractivity contribution is 0.0947. The van der Waals surface area contributed by atoms with Gasteiger partial charge in [-0.2, -0.15) is 11.3 Å². The van der Waals surface area contributed by atoms with Crippen LogP contribution in [0.2, 0.25) is 0 Å². The molecule has 0 aromatic carbocycles. The van der Waals surface area contributed by atoms with Gasteiger partial charge in [0, 0.05) is 55.0 Å². The average molecular weight is 330 g/mol. The van der Waals surface area contributed by atoms with Crippen molar-refractivity contribution < 1.29 is 4.79 Å². The van der Waals surface area contributed by atoms with Crippen LogP contribution in [-0.2, 0) is 13.0 Å². The molecule has 3 rings (SSSR count). The van der Waals surface area contributed by atoms with Gasteiger partial charge in [-0.05, 0) is 30.3 Å². The molecular formula is C17H22N4OS. The molecule has 1 aliphatic rings. The van der Waals surface area contributed by atoms with Gasteiger partial charge in [0.25, 0.3) is 5.91 Å². The van der Waals surface area contributed by atoms with Gasteiger partial charge in [0.05, 0.1) is 0 Å². The van der Waals surface area contributed by atoms with Crippen LogP contribution in [0.4, 0.5) is 0 Å². The Morgan fingerprint density at radius 1 is 1.43 bits per heavy atom. The fraction of sp³-hybridized carbons (Fsp3) is 0.471. The molecule has 1 aliphatic heterocycles. The molecule has 2 aromatic heterocycles. The SMILES string of the molecule is CCc1ncc(CN2CCC(CNC(=O)c3ccsc3)C2)cn1. The molecule has 122 valence electrons. The number of likely N-dealkylation sites (tertiary alicyclic amines) is 1. The normalized spacial score (nSPS) is 18.2. The monoisotopic (exact) mass is 330 g/mol. The zero-order valence-electron chi connectivity index (χ0n) is 13.4. The highest BCUT2D eigenvalue weighted by Gasteiger charge is 2.23. The van der Waals surface area contributed by atoms with Gasteiger partial charge in [-0.3, -0.25) is 9.69 Å². The Bertz CT molecular complexity index is 627. The Labute approximate surface area is 140 Å². The predicted molar refractivity (Wildman–Crippen MR) is 91.4 cm³/mol. The molecule has 0 aliphatic carbocycles. The van der Waals surface area contributed by atoms with Crippen molar-refractivity contribution in [3.8, 4) is 0 Å². The number of aryl methyl sites for hydroxylation is 1. The lowest BCUT2D eigenvalue weighted by Gasteiger charge is -2.16. The van der Waals surface area contributed by atoms with Crippen molar-refractivity contribution in [3.63, 3.8) is 0 Å². The van der Waals surface area contributed by atoms with Gasteiger partial charge >= 0.3 is 0 Å². The number of carbonyl (C=O) groups excluding carboxylic acids is 1. The van der Waals surface area contributed by atoms with E-state index in [0.717, 1.165) is 56.0 Å². The van der Waals surface area contributed by atoms with Crippen LogP contribution in [0, 0.1) is 5.92 Å². The second-order valence-corrected chi connectivity index (χ2v) is 6.75. The molecule has 5 nitrogen and oxygen atoms in total. The van der Waals surface area contributed by atoms with E-state index in [-0.39, 0.29) is 5.91 Å². The molecule has 0 saturated carbocycles. The molecule has 0 spiro atoms. The summed E-state index contributed by atoms with van der Waals surface area (Å²) >= 11 is 1.55. The van der Waals surface area contributed by atoms with Crippen molar-refractivity contribution in [1.82, 2.24) is 20.2 Å². The minimum absolute atomic E-state index is 0.0354. The van der Waals surface area contributed by atoms with Gasteiger partial charge in [0.1, 0.15) is 5.82 Å². The summed E-state index contributed by atoms with van der Waals surface area (Å²) in [6.07, 6.45) is 5.85. The maximum Gasteiger partial charge on any atom is 0.252 e. The van der Waals surface area contributed by atoms with Crippen LogP contribution >= 0.6 is 11.3 Å². The summed E-state index contributed by atoms with van der Waals surface area (Å²) in [6, 6.07) is 1.86. The van der Waals surface area contributed by atoms with E-state index in [0.29, 0.717) is 5.92 Å². The van der Waals surface area contributed by atoms with E-state index < -0.39 is 0 Å². The zero-order valence-corrected chi connectivity index (χ0v) is 14.2. The first-order chi connectivity index (χ1) is 11.2. The van der Waals surface area contributed by atoms with E-state index in [1.807, 2.05) is 29.2 Å². The summed E-state index contributed by atoms with van der Waals surface area (Å²) in [5, 5.41) is 6.86. The maximum absolute atomic E-state index is 12.0. The van der Waals surface area contributed by atoms with Gasteiger partial charge in [0.2, 0.25) is 0 Å². The number of amides is 1. The van der Waals surface area contributed by atoms with E-state index >= 15 is 0 Å². The molecule has 2 aromatic rings. The summed E-state index contributed by atoms with van der Waals surface area (Å²) in [5.74, 6) is 1.45. The van der Waals surface area contributed by atoms with Crippen molar-refractivity contribution >= 4 is 17.2 Å². The molecular weight excluding hydrogens is 308 g/mol. The zero-order chi connectivity index (χ0) is 16.1. The van der Waals surface area contributed by atoms with E-state index in [9.17, 15) is 4.79 Å². The summed E-state index contributed by atoms with van der Waals surface area (Å²) in [6.45, 7) is 5.77. The van der Waals surface area contributed by atoms with Crippen LogP contribution in [0.25, 0.3) is 0 Å². The van der Waals surface area contributed by atoms with Crippen molar-refractivity contribution in [2.24, 2.45) is 5.92 Å². The standard InChI is InChI=1S/C17H22N4OS/c1-2-16-18-8-14(9-19-16)11-21-5-3-13(10-21)7-20-17(22)15-4-6-23-12-15/h4,6,8-9,12-13H,2-3,5,7,10-11H2,1H3,(H,20,22). The predicted octanol–water partition coefficient (Wildman–Crippen LogP) is 2.35. The van der Waals surface area contributed by atoms with Crippen LogP contribution < -0.4 is 5.32 Å². The topological polar surface area (TPSA) is 58.1 Å². The van der Waals surface area contributed by atoms with Gasteiger partial charge in [-0.1, -0.05) is 6.92 Å². The molecule has 23 heavy (non-hydrogen) atoms. The fourth-order valence-corrected chi connectivity index (χ4v) is 3.50. The number of rotatable bonds is 6. The third-order valence-corrected chi connectivity index (χ3v) is 4.87. The molecule has 1 N–H and O–H groups in total. The average Bonchev–Trinajstić information content (AvgIpc) is 3.25. The molecule has 1 saturated heterocycles. The van der Waals surface area contributed by atoms with E-state index in [4.69, 9.17) is 0 Å². The van der Waals surface area contributed by atoms with Crippen LogP contribution in [0.5, 0.6) is 0 Å². The summed E-state index contributed by atoms with van der Waals surface area (Å²) < 4.78 is 0. The van der Waals surface area contributed by atoms with Gasteiger partial charge < -0.3 is 5.32 Å². The molecule has 1 fully saturated rings. The van der Waals surface area contributed by atoms with Crippen molar-refractivity contribution in [2.45, 2.75) is 26.3 Å².